The predicted molar refractivity (Wildman–Crippen MR) is 41.5 cm³/mol. The molecule has 3 nitrogen and oxygen atoms in total. The zero-order valence-corrected chi connectivity index (χ0v) is 6.17. The number of nitrogens with two attached hydrogens (primary N) is 1. The van der Waals surface area contributed by atoms with Crippen molar-refractivity contribution in [2.24, 2.45) is 5.73 Å². The molecule has 0 heterocycles. The van der Waals surface area contributed by atoms with E-state index in [-0.39, 0.29) is 0 Å². The van der Waals surface area contributed by atoms with Crippen LogP contribution in [0.5, 0.6) is 0 Å². The van der Waals surface area contributed by atoms with E-state index in [0.717, 1.165) is 6.08 Å². The third-order valence-electron chi connectivity index (χ3n) is 0.535. The summed E-state index contributed by atoms with van der Waals surface area (Å²) in [6, 6.07) is 0. The molecular formula is C7H13NO2. The number of methoxy groups -OCH3 is 1. The highest BCUT2D eigenvalue weighted by Gasteiger charge is 1.81. The fraction of sp³-hybridized carbons (Fsp3) is 0.286. The van der Waals surface area contributed by atoms with Gasteiger partial charge in [-0.2, -0.15) is 0 Å². The molecular weight excluding hydrogens is 130 g/mol. The summed E-state index contributed by atoms with van der Waals surface area (Å²) < 4.78 is 4.14. The number of esters is 1. The second kappa shape index (κ2) is 10.8. The van der Waals surface area contributed by atoms with Crippen molar-refractivity contribution in [3.05, 3.63) is 25.3 Å². The molecule has 0 saturated carbocycles. The van der Waals surface area contributed by atoms with Gasteiger partial charge in [-0.1, -0.05) is 12.7 Å². The van der Waals surface area contributed by atoms with Crippen molar-refractivity contribution in [3.63, 3.8) is 0 Å². The maximum Gasteiger partial charge on any atom is 0.329 e. The Bertz CT molecular complexity index is 110. The zero-order valence-electron chi connectivity index (χ0n) is 6.17. The van der Waals surface area contributed by atoms with Gasteiger partial charge in [0.25, 0.3) is 0 Å². The number of rotatable bonds is 2. The van der Waals surface area contributed by atoms with Gasteiger partial charge in [-0.3, -0.25) is 0 Å². The van der Waals surface area contributed by atoms with Crippen molar-refractivity contribution < 1.29 is 9.53 Å². The molecule has 10 heavy (non-hydrogen) atoms. The summed E-state index contributed by atoms with van der Waals surface area (Å²) in [5.74, 6) is -0.394. The number of hydrogen-bond acceptors (Lipinski definition) is 3. The van der Waals surface area contributed by atoms with Gasteiger partial charge in [0.1, 0.15) is 0 Å². The average molecular weight is 143 g/mol. The van der Waals surface area contributed by atoms with E-state index in [1.54, 1.807) is 6.08 Å². The van der Waals surface area contributed by atoms with Crippen LogP contribution in [0.1, 0.15) is 0 Å². The molecule has 0 amide bonds. The SMILES string of the molecule is C=CC(=O)OC.C=CCN. The monoisotopic (exact) mass is 143 g/mol. The quantitative estimate of drug-likeness (QED) is 0.347. The van der Waals surface area contributed by atoms with Crippen molar-refractivity contribution >= 4 is 5.97 Å². The van der Waals surface area contributed by atoms with Gasteiger partial charge < -0.3 is 10.5 Å². The first-order valence-electron chi connectivity index (χ1n) is 2.74. The standard InChI is InChI=1S/C4H6O2.C3H7N/c1-3-4(5)6-2;1-2-3-4/h3H,1H2,2H3;2H,1,3-4H2. The summed E-state index contributed by atoms with van der Waals surface area (Å²) in [6.45, 7) is 7.09. The van der Waals surface area contributed by atoms with Crippen molar-refractivity contribution in [1.82, 2.24) is 0 Å². The molecule has 0 unspecified atom stereocenters. The minimum absolute atomic E-state index is 0.394. The zero-order chi connectivity index (χ0) is 8.41. The van der Waals surface area contributed by atoms with Gasteiger partial charge >= 0.3 is 5.97 Å². The molecule has 0 rings (SSSR count). The molecule has 0 radical (unpaired) electrons. The van der Waals surface area contributed by atoms with E-state index in [9.17, 15) is 4.79 Å². The number of carbonyl (C=O) groups is 1. The lowest BCUT2D eigenvalue weighted by molar-refractivity contribution is -0.134. The number of carbonyl (C=O) groups excluding carboxylic acids is 1. The molecule has 2 N–H and O–H groups in total. The molecule has 0 spiro atoms. The number of hydrogen-bond donors (Lipinski definition) is 1. The van der Waals surface area contributed by atoms with E-state index in [2.05, 4.69) is 17.9 Å². The highest BCUT2D eigenvalue weighted by molar-refractivity contribution is 5.80. The summed E-state index contributed by atoms with van der Waals surface area (Å²) in [4.78, 5) is 9.84. The van der Waals surface area contributed by atoms with Crippen LogP contribution in [-0.2, 0) is 9.53 Å². The second-order valence-electron chi connectivity index (χ2n) is 1.25. The van der Waals surface area contributed by atoms with E-state index in [0.29, 0.717) is 6.54 Å². The minimum Gasteiger partial charge on any atom is -0.466 e. The molecule has 0 aliphatic heterocycles. The first-order valence-corrected chi connectivity index (χ1v) is 2.74. The Morgan fingerprint density at radius 3 is 2.10 bits per heavy atom. The number of ether oxygens (including phenoxy) is 1. The summed E-state index contributed by atoms with van der Waals surface area (Å²) in [5.41, 5.74) is 4.91. The lowest BCUT2D eigenvalue weighted by Gasteiger charge is -1.83. The van der Waals surface area contributed by atoms with E-state index in [1.165, 1.54) is 7.11 Å². The molecule has 0 saturated heterocycles. The van der Waals surface area contributed by atoms with Crippen LogP contribution >= 0.6 is 0 Å². The third-order valence-corrected chi connectivity index (χ3v) is 0.535. The molecule has 0 atom stereocenters. The first kappa shape index (κ1) is 11.7. The van der Waals surface area contributed by atoms with Crippen LogP contribution in [0.15, 0.2) is 25.3 Å². The van der Waals surface area contributed by atoms with E-state index in [4.69, 9.17) is 5.73 Å². The van der Waals surface area contributed by atoms with Gasteiger partial charge in [-0.25, -0.2) is 4.79 Å². The molecule has 0 bridgehead atoms. The molecule has 0 aromatic carbocycles. The average Bonchev–Trinajstić information content (AvgIpc) is 2.03. The molecule has 3 heteroatoms. The lowest BCUT2D eigenvalue weighted by Crippen LogP contribution is -1.91. The Morgan fingerprint density at radius 1 is 1.70 bits per heavy atom. The van der Waals surface area contributed by atoms with Crippen LogP contribution in [0.2, 0.25) is 0 Å². The van der Waals surface area contributed by atoms with Crippen LogP contribution in [0.4, 0.5) is 0 Å². The molecule has 0 fully saturated rings. The highest BCUT2D eigenvalue weighted by Crippen LogP contribution is 1.67. The Hall–Kier alpha value is -1.09. The van der Waals surface area contributed by atoms with Crippen molar-refractivity contribution in [3.8, 4) is 0 Å². The molecule has 58 valence electrons. The maximum atomic E-state index is 9.84. The normalized spacial score (nSPS) is 6.60. The topological polar surface area (TPSA) is 52.3 Å². The van der Waals surface area contributed by atoms with Crippen LogP contribution in [0, 0.1) is 0 Å². The summed E-state index contributed by atoms with van der Waals surface area (Å²) >= 11 is 0. The third kappa shape index (κ3) is 15.8. The molecule has 0 aliphatic rings. The van der Waals surface area contributed by atoms with Crippen molar-refractivity contribution in [2.75, 3.05) is 13.7 Å². The Labute approximate surface area is 61.2 Å². The molecule has 0 aromatic rings. The molecule has 0 aliphatic carbocycles. The van der Waals surface area contributed by atoms with Crippen molar-refractivity contribution in [2.45, 2.75) is 0 Å². The van der Waals surface area contributed by atoms with Gasteiger partial charge in [0.05, 0.1) is 7.11 Å². The van der Waals surface area contributed by atoms with E-state index in [1.807, 2.05) is 0 Å². The van der Waals surface area contributed by atoms with Gasteiger partial charge in [-0.15, -0.1) is 6.58 Å². The summed E-state index contributed by atoms with van der Waals surface area (Å²) in [6.07, 6.45) is 2.76. The Balaban J connectivity index is 0. The van der Waals surface area contributed by atoms with Gasteiger partial charge in [0.2, 0.25) is 0 Å². The smallest absolute Gasteiger partial charge is 0.329 e. The predicted octanol–water partition coefficient (Wildman–Crippen LogP) is 0.477. The lowest BCUT2D eigenvalue weighted by atomic mass is 10.7. The first-order chi connectivity index (χ1) is 4.72. The minimum atomic E-state index is -0.394. The van der Waals surface area contributed by atoms with Gasteiger partial charge in [0.15, 0.2) is 0 Å². The second-order valence-corrected chi connectivity index (χ2v) is 1.25. The molecule has 0 aromatic heterocycles. The highest BCUT2D eigenvalue weighted by atomic mass is 16.5. The summed E-state index contributed by atoms with van der Waals surface area (Å²) in [5, 5.41) is 0. The van der Waals surface area contributed by atoms with Crippen LogP contribution in [0.25, 0.3) is 0 Å². The fourth-order valence-corrected chi connectivity index (χ4v) is 0.0833. The van der Waals surface area contributed by atoms with Crippen molar-refractivity contribution in [1.29, 1.82) is 0 Å². The van der Waals surface area contributed by atoms with Crippen LogP contribution in [-0.4, -0.2) is 19.6 Å². The Morgan fingerprint density at radius 2 is 2.10 bits per heavy atom. The van der Waals surface area contributed by atoms with Crippen LogP contribution < -0.4 is 5.73 Å². The van der Waals surface area contributed by atoms with E-state index >= 15 is 0 Å². The van der Waals surface area contributed by atoms with Gasteiger partial charge in [0, 0.05) is 12.6 Å². The van der Waals surface area contributed by atoms with E-state index < -0.39 is 5.97 Å². The fourth-order valence-electron chi connectivity index (χ4n) is 0.0833. The van der Waals surface area contributed by atoms with Crippen LogP contribution in [0.3, 0.4) is 0 Å². The summed E-state index contributed by atoms with van der Waals surface area (Å²) in [7, 11) is 1.31. The Kier molecular flexibility index (Phi) is 12.6. The maximum absolute atomic E-state index is 9.84. The van der Waals surface area contributed by atoms with Gasteiger partial charge in [-0.05, 0) is 0 Å². The largest absolute Gasteiger partial charge is 0.466 e.